The van der Waals surface area contributed by atoms with Gasteiger partial charge in [0.1, 0.15) is 11.9 Å². The zero-order valence-electron chi connectivity index (χ0n) is 18.4. The molecule has 7 nitrogen and oxygen atoms in total. The molecule has 1 aromatic heterocycles. The lowest BCUT2D eigenvalue weighted by atomic mass is 9.90. The van der Waals surface area contributed by atoms with Gasteiger partial charge in [-0.15, -0.1) is 6.58 Å². The molecule has 0 aromatic carbocycles. The Bertz CT molecular complexity index is 775. The van der Waals surface area contributed by atoms with Crippen molar-refractivity contribution >= 4 is 10.0 Å². The van der Waals surface area contributed by atoms with Crippen molar-refractivity contribution in [1.82, 2.24) is 14.4 Å². The number of sulfonamides is 1. The summed E-state index contributed by atoms with van der Waals surface area (Å²) in [5.74, 6) is 0.899. The molecule has 0 amide bonds. The number of aromatic nitrogens is 1. The summed E-state index contributed by atoms with van der Waals surface area (Å²) in [6, 6.07) is 0. The number of halogens is 1. The Balaban J connectivity index is 1.82. The Hall–Kier alpha value is -1.29. The Morgan fingerprint density at radius 2 is 2.10 bits per heavy atom. The van der Waals surface area contributed by atoms with Gasteiger partial charge in [0.25, 0.3) is 0 Å². The number of aliphatic hydroxyl groups is 1. The van der Waals surface area contributed by atoms with Crippen LogP contribution in [0.3, 0.4) is 0 Å². The van der Waals surface area contributed by atoms with E-state index in [1.165, 1.54) is 17.3 Å². The van der Waals surface area contributed by atoms with Gasteiger partial charge in [-0.3, -0.25) is 0 Å². The van der Waals surface area contributed by atoms with Crippen LogP contribution in [0, 0.1) is 6.92 Å². The fourth-order valence-corrected chi connectivity index (χ4v) is 5.37. The highest BCUT2D eigenvalue weighted by molar-refractivity contribution is 7.89. The van der Waals surface area contributed by atoms with Gasteiger partial charge in [-0.25, -0.2) is 17.1 Å². The van der Waals surface area contributed by atoms with E-state index in [4.69, 9.17) is 4.52 Å². The third kappa shape index (κ3) is 6.12. The van der Waals surface area contributed by atoms with Gasteiger partial charge in [0, 0.05) is 31.0 Å². The molecule has 2 rings (SSSR count). The summed E-state index contributed by atoms with van der Waals surface area (Å²) in [6.45, 7) is 11.9. The van der Waals surface area contributed by atoms with Crippen LogP contribution in [0.2, 0.25) is 0 Å². The van der Waals surface area contributed by atoms with Crippen LogP contribution in [-0.2, 0) is 16.4 Å². The van der Waals surface area contributed by atoms with Crippen molar-refractivity contribution in [2.75, 3.05) is 39.3 Å². The summed E-state index contributed by atoms with van der Waals surface area (Å²) in [5.41, 5.74) is 1.88. The van der Waals surface area contributed by atoms with E-state index in [9.17, 15) is 17.9 Å². The van der Waals surface area contributed by atoms with Gasteiger partial charge in [0.2, 0.25) is 10.0 Å². The van der Waals surface area contributed by atoms with E-state index in [0.717, 1.165) is 50.2 Å². The van der Waals surface area contributed by atoms with E-state index in [0.29, 0.717) is 24.8 Å². The first-order valence-corrected chi connectivity index (χ1v) is 12.3. The number of hydrogen-bond donors (Lipinski definition) is 1. The fourth-order valence-electron chi connectivity index (χ4n) is 3.93. The van der Waals surface area contributed by atoms with Crippen LogP contribution >= 0.6 is 0 Å². The maximum Gasteiger partial charge on any atom is 0.218 e. The zero-order valence-corrected chi connectivity index (χ0v) is 19.2. The predicted octanol–water partition coefficient (Wildman–Crippen LogP) is 2.65. The van der Waals surface area contributed by atoms with Crippen LogP contribution in [0.25, 0.3) is 0 Å². The second-order valence-electron chi connectivity index (χ2n) is 8.07. The van der Waals surface area contributed by atoms with E-state index < -0.39 is 21.4 Å². The standard InChI is InChI=1S/C21H36FN3O4S/c1-5-19(22)14-20-17(4)21(23-29-20)18-8-12-24(13-9-18)10-7-11-25(6-2)30(27,28)16(3)15-26/h5,16,18-19,26H,1,6-15H2,2-4H3. The Morgan fingerprint density at radius 3 is 2.67 bits per heavy atom. The van der Waals surface area contributed by atoms with Crippen molar-refractivity contribution in [3.8, 4) is 0 Å². The van der Waals surface area contributed by atoms with Gasteiger partial charge in [-0.2, -0.15) is 0 Å². The van der Waals surface area contributed by atoms with Crippen LogP contribution < -0.4 is 0 Å². The lowest BCUT2D eigenvalue weighted by Crippen LogP contribution is -2.41. The van der Waals surface area contributed by atoms with E-state index in [1.54, 1.807) is 0 Å². The highest BCUT2D eigenvalue weighted by Crippen LogP contribution is 2.31. The monoisotopic (exact) mass is 445 g/mol. The second kappa shape index (κ2) is 11.4. The van der Waals surface area contributed by atoms with E-state index in [1.807, 2.05) is 13.8 Å². The average Bonchev–Trinajstić information content (AvgIpc) is 3.10. The van der Waals surface area contributed by atoms with Crippen molar-refractivity contribution in [2.45, 2.75) is 63.8 Å². The van der Waals surface area contributed by atoms with Crippen molar-refractivity contribution in [3.05, 3.63) is 29.7 Å². The number of alkyl halides is 1. The first kappa shape index (κ1) is 25.0. The molecule has 172 valence electrons. The summed E-state index contributed by atoms with van der Waals surface area (Å²) < 4.78 is 45.2. The summed E-state index contributed by atoms with van der Waals surface area (Å²) in [4.78, 5) is 2.35. The van der Waals surface area contributed by atoms with Gasteiger partial charge >= 0.3 is 0 Å². The van der Waals surface area contributed by atoms with Crippen molar-refractivity contribution in [3.63, 3.8) is 0 Å². The summed E-state index contributed by atoms with van der Waals surface area (Å²) in [6.07, 6.45) is 2.97. The molecule has 1 saturated heterocycles. The third-order valence-electron chi connectivity index (χ3n) is 6.03. The lowest BCUT2D eigenvalue weighted by Gasteiger charge is -2.32. The van der Waals surface area contributed by atoms with Gasteiger partial charge in [-0.1, -0.05) is 18.2 Å². The van der Waals surface area contributed by atoms with Gasteiger partial charge in [-0.05, 0) is 52.7 Å². The smallest absolute Gasteiger partial charge is 0.218 e. The minimum Gasteiger partial charge on any atom is -0.395 e. The molecule has 0 spiro atoms. The molecule has 1 fully saturated rings. The summed E-state index contributed by atoms with van der Waals surface area (Å²) in [7, 11) is -3.45. The minimum absolute atomic E-state index is 0.174. The molecular formula is C21H36FN3O4S. The maximum atomic E-state index is 13.6. The minimum atomic E-state index is -3.45. The van der Waals surface area contributed by atoms with E-state index in [2.05, 4.69) is 16.6 Å². The zero-order chi connectivity index (χ0) is 22.3. The van der Waals surface area contributed by atoms with Gasteiger partial charge in [0.15, 0.2) is 0 Å². The van der Waals surface area contributed by atoms with E-state index in [-0.39, 0.29) is 13.0 Å². The molecule has 0 bridgehead atoms. The summed E-state index contributed by atoms with van der Waals surface area (Å²) in [5, 5.41) is 12.6. The second-order valence-corrected chi connectivity index (χ2v) is 10.4. The number of nitrogens with zero attached hydrogens (tertiary/aromatic N) is 3. The van der Waals surface area contributed by atoms with Crippen LogP contribution in [0.5, 0.6) is 0 Å². The largest absolute Gasteiger partial charge is 0.395 e. The van der Waals surface area contributed by atoms with Crippen molar-refractivity contribution in [1.29, 1.82) is 0 Å². The van der Waals surface area contributed by atoms with Crippen LogP contribution in [-0.4, -0.2) is 78.6 Å². The Kier molecular flexibility index (Phi) is 9.46. The van der Waals surface area contributed by atoms with Crippen LogP contribution in [0.4, 0.5) is 4.39 Å². The maximum absolute atomic E-state index is 13.6. The quantitative estimate of drug-likeness (QED) is 0.498. The van der Waals surface area contributed by atoms with Crippen LogP contribution in [0.15, 0.2) is 17.2 Å². The molecule has 2 unspecified atom stereocenters. The van der Waals surface area contributed by atoms with Crippen LogP contribution in [0.1, 0.15) is 56.0 Å². The molecule has 0 radical (unpaired) electrons. The predicted molar refractivity (Wildman–Crippen MR) is 116 cm³/mol. The molecule has 2 atom stereocenters. The molecular weight excluding hydrogens is 409 g/mol. The molecule has 1 aliphatic rings. The first-order valence-electron chi connectivity index (χ1n) is 10.8. The number of allylic oxidation sites excluding steroid dienone is 1. The SMILES string of the molecule is C=CC(F)Cc1onc(C2CCN(CCCN(CC)S(=O)(=O)C(C)CO)CC2)c1C. The molecule has 2 heterocycles. The molecule has 30 heavy (non-hydrogen) atoms. The van der Waals surface area contributed by atoms with Crippen molar-refractivity contribution < 1.29 is 22.4 Å². The molecule has 1 aliphatic heterocycles. The third-order valence-corrected chi connectivity index (χ3v) is 8.35. The topological polar surface area (TPSA) is 86.9 Å². The molecule has 0 aliphatic carbocycles. The Morgan fingerprint density at radius 1 is 1.43 bits per heavy atom. The molecule has 1 aromatic rings. The van der Waals surface area contributed by atoms with Gasteiger partial charge < -0.3 is 14.5 Å². The molecule has 9 heteroatoms. The van der Waals surface area contributed by atoms with E-state index >= 15 is 0 Å². The highest BCUT2D eigenvalue weighted by Gasteiger charge is 2.28. The number of hydrogen-bond acceptors (Lipinski definition) is 6. The fraction of sp³-hybridized carbons (Fsp3) is 0.762. The molecule has 0 saturated carbocycles. The highest BCUT2D eigenvalue weighted by atomic mass is 32.2. The number of piperidine rings is 1. The number of rotatable bonds is 12. The normalized spacial score (nSPS) is 18.6. The molecule has 1 N–H and O–H groups in total. The number of likely N-dealkylation sites (tertiary alicyclic amines) is 1. The van der Waals surface area contributed by atoms with Crippen molar-refractivity contribution in [2.24, 2.45) is 0 Å². The Labute approximate surface area is 180 Å². The van der Waals surface area contributed by atoms with Gasteiger partial charge in [0.05, 0.1) is 17.6 Å². The average molecular weight is 446 g/mol. The number of aliphatic hydroxyl groups excluding tert-OH is 1. The first-order chi connectivity index (χ1) is 14.2. The summed E-state index contributed by atoms with van der Waals surface area (Å²) >= 11 is 0. The lowest BCUT2D eigenvalue weighted by molar-refractivity contribution is 0.201.